The fourth-order valence-corrected chi connectivity index (χ4v) is 3.80. The van der Waals surface area contributed by atoms with Crippen LogP contribution in [0.25, 0.3) is 0 Å². The molecule has 3 rings (SSSR count). The smallest absolute Gasteiger partial charge is 0.147 e. The maximum atomic E-state index is 5.85. The fraction of sp³-hybridized carbons (Fsp3) is 0.800. The molecule has 3 aliphatic heterocycles. The minimum atomic E-state index is 0.355. The second-order valence-electron chi connectivity index (χ2n) is 7.68. The van der Waals surface area contributed by atoms with E-state index in [1.165, 1.54) is 24.1 Å². The molecule has 3 saturated heterocycles. The number of likely N-dealkylation sites (tertiary alicyclic amines) is 1. The highest BCUT2D eigenvalue weighted by Gasteiger charge is 2.35. The van der Waals surface area contributed by atoms with Crippen molar-refractivity contribution in [2.24, 2.45) is 17.8 Å². The van der Waals surface area contributed by atoms with Crippen LogP contribution in [0.4, 0.5) is 0 Å². The minimum Gasteiger partial charge on any atom is -0.378 e. The van der Waals surface area contributed by atoms with Crippen molar-refractivity contribution in [2.75, 3.05) is 46.8 Å². The molecule has 0 aromatic rings. The first-order chi connectivity index (χ1) is 11.5. The van der Waals surface area contributed by atoms with E-state index in [0.29, 0.717) is 37.3 Å². The van der Waals surface area contributed by atoms with Crippen LogP contribution in [0.15, 0.2) is 24.3 Å². The molecule has 0 aromatic carbocycles. The van der Waals surface area contributed by atoms with Crippen molar-refractivity contribution in [2.45, 2.75) is 39.2 Å². The average Bonchev–Trinajstić information content (AvgIpc) is 2.93. The van der Waals surface area contributed by atoms with Crippen molar-refractivity contribution in [3.8, 4) is 0 Å². The second-order valence-corrected chi connectivity index (χ2v) is 7.68. The molecule has 3 aliphatic rings. The van der Waals surface area contributed by atoms with Crippen LogP contribution in [0.3, 0.4) is 0 Å². The van der Waals surface area contributed by atoms with E-state index < -0.39 is 0 Å². The molecule has 4 heteroatoms. The molecule has 0 aliphatic carbocycles. The standard InChI is InChI=1S/C14H24O3.C6H11N/c1-10-6-14-11(2)12(3)17-8-13(14)4-5-15-9-16-7-10;1-6-3-4-7(2)5-6/h11-14H,1,4-9H2,2-3H3;1,3-5H2,2H3. The molecule has 4 unspecified atom stereocenters. The summed E-state index contributed by atoms with van der Waals surface area (Å²) in [4.78, 5) is 2.28. The van der Waals surface area contributed by atoms with E-state index in [1.54, 1.807) is 0 Å². The van der Waals surface area contributed by atoms with Gasteiger partial charge in [0.05, 0.1) is 19.3 Å². The van der Waals surface area contributed by atoms with Crippen molar-refractivity contribution >= 4 is 0 Å². The van der Waals surface area contributed by atoms with Gasteiger partial charge in [0.15, 0.2) is 0 Å². The average molecular weight is 338 g/mol. The van der Waals surface area contributed by atoms with Gasteiger partial charge in [-0.2, -0.15) is 0 Å². The van der Waals surface area contributed by atoms with Crippen molar-refractivity contribution in [1.82, 2.24) is 4.90 Å². The first-order valence-electron chi connectivity index (χ1n) is 9.26. The third-order valence-corrected chi connectivity index (χ3v) is 5.57. The highest BCUT2D eigenvalue weighted by atomic mass is 16.7. The van der Waals surface area contributed by atoms with Crippen LogP contribution < -0.4 is 0 Å². The summed E-state index contributed by atoms with van der Waals surface area (Å²) < 4.78 is 16.7. The summed E-state index contributed by atoms with van der Waals surface area (Å²) in [5.41, 5.74) is 2.56. The summed E-state index contributed by atoms with van der Waals surface area (Å²) in [7, 11) is 2.12. The van der Waals surface area contributed by atoms with Gasteiger partial charge in [0.1, 0.15) is 6.79 Å². The molecule has 4 nitrogen and oxygen atoms in total. The van der Waals surface area contributed by atoms with Gasteiger partial charge in [0.2, 0.25) is 0 Å². The highest BCUT2D eigenvalue weighted by molar-refractivity contribution is 5.02. The molecule has 4 atom stereocenters. The zero-order valence-electron chi connectivity index (χ0n) is 15.8. The molecule has 24 heavy (non-hydrogen) atoms. The molecule has 138 valence electrons. The van der Waals surface area contributed by atoms with Crippen LogP contribution in [-0.4, -0.2) is 57.8 Å². The Hall–Kier alpha value is -0.680. The van der Waals surface area contributed by atoms with Gasteiger partial charge in [-0.1, -0.05) is 31.2 Å². The van der Waals surface area contributed by atoms with Crippen molar-refractivity contribution in [3.63, 3.8) is 0 Å². The molecule has 3 heterocycles. The Morgan fingerprint density at radius 1 is 1.12 bits per heavy atom. The molecule has 0 aromatic heterocycles. The van der Waals surface area contributed by atoms with Crippen molar-refractivity contribution in [3.05, 3.63) is 24.3 Å². The topological polar surface area (TPSA) is 30.9 Å². The molecular weight excluding hydrogens is 302 g/mol. The molecular formula is C20H35NO3. The number of likely N-dealkylation sites (N-methyl/N-ethyl adjacent to an activating group) is 1. The van der Waals surface area contributed by atoms with Crippen LogP contribution in [0, 0.1) is 17.8 Å². The third-order valence-electron chi connectivity index (χ3n) is 5.57. The van der Waals surface area contributed by atoms with Gasteiger partial charge < -0.3 is 19.1 Å². The molecule has 3 fully saturated rings. The van der Waals surface area contributed by atoms with E-state index in [9.17, 15) is 0 Å². The number of rotatable bonds is 0. The van der Waals surface area contributed by atoms with Crippen LogP contribution in [0.2, 0.25) is 0 Å². The fourth-order valence-electron chi connectivity index (χ4n) is 3.80. The summed E-state index contributed by atoms with van der Waals surface area (Å²) in [6.07, 6.45) is 3.70. The van der Waals surface area contributed by atoms with Crippen LogP contribution in [-0.2, 0) is 14.2 Å². The predicted octanol–water partition coefficient (Wildman–Crippen LogP) is 3.49. The normalized spacial score (nSPS) is 35.8. The van der Waals surface area contributed by atoms with Crippen LogP contribution >= 0.6 is 0 Å². The SMILES string of the molecule is C=C1CCN(C)C1.C=C1COCOCCC2COC(C)C(C)C2C1. The summed E-state index contributed by atoms with van der Waals surface area (Å²) in [5.74, 6) is 1.86. The van der Waals surface area contributed by atoms with Gasteiger partial charge >= 0.3 is 0 Å². The number of ether oxygens (including phenoxy) is 3. The van der Waals surface area contributed by atoms with E-state index in [1.807, 2.05) is 0 Å². The lowest BCUT2D eigenvalue weighted by Crippen LogP contribution is -2.40. The summed E-state index contributed by atoms with van der Waals surface area (Å²) in [5, 5.41) is 0. The molecule has 0 amide bonds. The molecule has 0 saturated carbocycles. The summed E-state index contributed by atoms with van der Waals surface area (Å²) in [6.45, 7) is 17.4. The number of fused-ring (bicyclic) bond motifs is 1. The van der Waals surface area contributed by atoms with Crippen molar-refractivity contribution in [1.29, 1.82) is 0 Å². The molecule has 0 spiro atoms. The Morgan fingerprint density at radius 2 is 1.92 bits per heavy atom. The van der Waals surface area contributed by atoms with Gasteiger partial charge in [-0.15, -0.1) is 0 Å². The van der Waals surface area contributed by atoms with Gasteiger partial charge in [-0.05, 0) is 51.0 Å². The van der Waals surface area contributed by atoms with Gasteiger partial charge in [-0.25, -0.2) is 0 Å². The van der Waals surface area contributed by atoms with E-state index in [4.69, 9.17) is 14.2 Å². The van der Waals surface area contributed by atoms with Crippen molar-refractivity contribution < 1.29 is 14.2 Å². The lowest BCUT2D eigenvalue weighted by Gasteiger charge is -2.41. The lowest BCUT2D eigenvalue weighted by molar-refractivity contribution is -0.102. The molecule has 0 radical (unpaired) electrons. The Bertz CT molecular complexity index is 423. The summed E-state index contributed by atoms with van der Waals surface area (Å²) in [6, 6.07) is 0. The molecule has 0 N–H and O–H groups in total. The number of hydrogen-bond donors (Lipinski definition) is 0. The first kappa shape index (κ1) is 19.6. The Kier molecular flexibility index (Phi) is 7.95. The first-order valence-corrected chi connectivity index (χ1v) is 9.26. The Balaban J connectivity index is 0.000000249. The summed E-state index contributed by atoms with van der Waals surface area (Å²) >= 11 is 0. The van der Waals surface area contributed by atoms with Gasteiger partial charge in [-0.3, -0.25) is 0 Å². The lowest BCUT2D eigenvalue weighted by atomic mass is 9.73. The van der Waals surface area contributed by atoms with Crippen LogP contribution in [0.1, 0.15) is 33.1 Å². The monoisotopic (exact) mass is 337 g/mol. The highest BCUT2D eigenvalue weighted by Crippen LogP contribution is 2.37. The number of hydrogen-bond acceptors (Lipinski definition) is 4. The third kappa shape index (κ3) is 5.99. The van der Waals surface area contributed by atoms with E-state index >= 15 is 0 Å². The predicted molar refractivity (Wildman–Crippen MR) is 98.0 cm³/mol. The Morgan fingerprint density at radius 3 is 2.54 bits per heavy atom. The van der Waals surface area contributed by atoms with Gasteiger partial charge in [0.25, 0.3) is 0 Å². The number of nitrogens with zero attached hydrogens (tertiary/aromatic N) is 1. The van der Waals surface area contributed by atoms with Gasteiger partial charge in [0, 0.05) is 19.7 Å². The van der Waals surface area contributed by atoms with E-state index in [0.717, 1.165) is 32.6 Å². The quantitative estimate of drug-likeness (QED) is 0.633. The Labute approximate surface area is 147 Å². The minimum absolute atomic E-state index is 0.355. The molecule has 0 bridgehead atoms. The zero-order chi connectivity index (χ0) is 17.5. The maximum absolute atomic E-state index is 5.85. The largest absolute Gasteiger partial charge is 0.378 e. The second kappa shape index (κ2) is 9.71. The van der Waals surface area contributed by atoms with E-state index in [2.05, 4.69) is 39.0 Å². The zero-order valence-corrected chi connectivity index (χ0v) is 15.8. The maximum Gasteiger partial charge on any atom is 0.147 e. The van der Waals surface area contributed by atoms with Crippen LogP contribution in [0.5, 0.6) is 0 Å². The van der Waals surface area contributed by atoms with E-state index in [-0.39, 0.29) is 0 Å².